The van der Waals surface area contributed by atoms with Crippen LogP contribution in [0.5, 0.6) is 0 Å². The molecule has 0 aliphatic carbocycles. The number of hydrogen-bond donors (Lipinski definition) is 2. The average molecular weight is 316 g/mol. The lowest BCUT2D eigenvalue weighted by Crippen LogP contribution is -2.16. The summed E-state index contributed by atoms with van der Waals surface area (Å²) in [4.78, 5) is -1.23. The van der Waals surface area contributed by atoms with Crippen molar-refractivity contribution in [3.05, 3.63) is 59.4 Å². The maximum atomic E-state index is 13.5. The Morgan fingerprint density at radius 3 is 2.00 bits per heavy atom. The van der Waals surface area contributed by atoms with Crippen LogP contribution >= 0.6 is 0 Å². The standard InChI is InChI=1S/C13H11F3N2O2S/c14-9-5-11(15)13(12(16)6-9)21(19,20)18-10-3-1-8(7-17)2-4-10/h1-6,18H,7,17H2. The topological polar surface area (TPSA) is 72.2 Å². The molecule has 0 amide bonds. The lowest BCUT2D eigenvalue weighted by molar-refractivity contribution is 0.498. The molecule has 0 unspecified atom stereocenters. The lowest BCUT2D eigenvalue weighted by atomic mass is 10.2. The van der Waals surface area contributed by atoms with Crippen LogP contribution in [0.1, 0.15) is 5.56 Å². The van der Waals surface area contributed by atoms with Crippen LogP contribution in [0.3, 0.4) is 0 Å². The van der Waals surface area contributed by atoms with Gasteiger partial charge in [0.05, 0.1) is 0 Å². The van der Waals surface area contributed by atoms with E-state index in [4.69, 9.17) is 5.73 Å². The fourth-order valence-electron chi connectivity index (χ4n) is 1.70. The van der Waals surface area contributed by atoms with Gasteiger partial charge in [-0.25, -0.2) is 21.6 Å². The molecule has 2 rings (SSSR count). The van der Waals surface area contributed by atoms with E-state index in [1.54, 1.807) is 12.1 Å². The van der Waals surface area contributed by atoms with E-state index in [0.717, 1.165) is 5.56 Å². The molecule has 8 heteroatoms. The zero-order valence-electron chi connectivity index (χ0n) is 10.6. The van der Waals surface area contributed by atoms with Gasteiger partial charge in [-0.15, -0.1) is 0 Å². The van der Waals surface area contributed by atoms with Crippen molar-refractivity contribution in [3.63, 3.8) is 0 Å². The average Bonchev–Trinajstić information content (AvgIpc) is 2.37. The summed E-state index contributed by atoms with van der Waals surface area (Å²) in [7, 11) is -4.51. The van der Waals surface area contributed by atoms with Gasteiger partial charge in [-0.3, -0.25) is 4.72 Å². The van der Waals surface area contributed by atoms with Crippen molar-refractivity contribution in [1.29, 1.82) is 0 Å². The molecule has 3 N–H and O–H groups in total. The first-order valence-electron chi connectivity index (χ1n) is 5.80. The molecule has 0 atom stereocenters. The summed E-state index contributed by atoms with van der Waals surface area (Å²) in [6.45, 7) is 0.272. The monoisotopic (exact) mass is 316 g/mol. The highest BCUT2D eigenvalue weighted by Gasteiger charge is 2.25. The molecule has 0 aromatic heterocycles. The zero-order chi connectivity index (χ0) is 15.6. The van der Waals surface area contributed by atoms with E-state index in [1.165, 1.54) is 12.1 Å². The molecule has 112 valence electrons. The van der Waals surface area contributed by atoms with Crippen LogP contribution in [0.25, 0.3) is 0 Å². The Balaban J connectivity index is 2.38. The molecule has 4 nitrogen and oxygen atoms in total. The van der Waals surface area contributed by atoms with Gasteiger partial charge >= 0.3 is 0 Å². The van der Waals surface area contributed by atoms with Gasteiger partial charge in [0.2, 0.25) is 0 Å². The number of anilines is 1. The molecule has 21 heavy (non-hydrogen) atoms. The summed E-state index contributed by atoms with van der Waals surface area (Å²) in [5.41, 5.74) is 6.27. The third-order valence-electron chi connectivity index (χ3n) is 2.67. The second kappa shape index (κ2) is 5.74. The van der Waals surface area contributed by atoms with Crippen LogP contribution in [-0.2, 0) is 16.6 Å². The Kier molecular flexibility index (Phi) is 4.19. The second-order valence-electron chi connectivity index (χ2n) is 4.21. The van der Waals surface area contributed by atoms with Crippen LogP contribution in [0, 0.1) is 17.5 Å². The molecule has 2 aromatic rings. The van der Waals surface area contributed by atoms with Crippen LogP contribution in [0.4, 0.5) is 18.9 Å². The van der Waals surface area contributed by atoms with Crippen molar-refractivity contribution in [2.24, 2.45) is 5.73 Å². The number of hydrogen-bond acceptors (Lipinski definition) is 3. The summed E-state index contributed by atoms with van der Waals surface area (Å²) >= 11 is 0. The van der Waals surface area contributed by atoms with Gasteiger partial charge in [0.25, 0.3) is 10.0 Å². The van der Waals surface area contributed by atoms with E-state index < -0.39 is 32.4 Å². The van der Waals surface area contributed by atoms with Crippen molar-refractivity contribution in [2.45, 2.75) is 11.4 Å². The van der Waals surface area contributed by atoms with Gasteiger partial charge in [-0.05, 0) is 17.7 Å². The molecule has 0 saturated carbocycles. The van der Waals surface area contributed by atoms with Crippen molar-refractivity contribution < 1.29 is 21.6 Å². The molecule has 0 fully saturated rings. The maximum Gasteiger partial charge on any atom is 0.267 e. The summed E-state index contributed by atoms with van der Waals surface area (Å²) in [6.07, 6.45) is 0. The Morgan fingerprint density at radius 1 is 1.00 bits per heavy atom. The van der Waals surface area contributed by atoms with E-state index in [1.807, 2.05) is 4.72 Å². The number of rotatable bonds is 4. The zero-order valence-corrected chi connectivity index (χ0v) is 11.4. The van der Waals surface area contributed by atoms with Gasteiger partial charge < -0.3 is 5.73 Å². The molecule has 0 radical (unpaired) electrons. The highest BCUT2D eigenvalue weighted by molar-refractivity contribution is 7.92. The fourth-order valence-corrected chi connectivity index (χ4v) is 2.88. The van der Waals surface area contributed by atoms with Crippen molar-refractivity contribution in [2.75, 3.05) is 4.72 Å². The lowest BCUT2D eigenvalue weighted by Gasteiger charge is -2.10. The van der Waals surface area contributed by atoms with Crippen LogP contribution in [0.2, 0.25) is 0 Å². The summed E-state index contributed by atoms with van der Waals surface area (Å²) in [5.74, 6) is -4.20. The Bertz CT molecular complexity index is 738. The quantitative estimate of drug-likeness (QED) is 0.909. The summed E-state index contributed by atoms with van der Waals surface area (Å²) in [6, 6.07) is 6.53. The third-order valence-corrected chi connectivity index (χ3v) is 4.11. The highest BCUT2D eigenvalue weighted by atomic mass is 32.2. The van der Waals surface area contributed by atoms with E-state index in [2.05, 4.69) is 0 Å². The second-order valence-corrected chi connectivity index (χ2v) is 5.82. The first-order valence-corrected chi connectivity index (χ1v) is 7.28. The van der Waals surface area contributed by atoms with Crippen molar-refractivity contribution in [1.82, 2.24) is 0 Å². The minimum absolute atomic E-state index is 0.107. The number of nitrogens with two attached hydrogens (primary N) is 1. The normalized spacial score (nSPS) is 11.4. The molecule has 0 saturated heterocycles. The molecular weight excluding hydrogens is 305 g/mol. The van der Waals surface area contributed by atoms with E-state index in [-0.39, 0.29) is 12.2 Å². The third kappa shape index (κ3) is 3.34. The van der Waals surface area contributed by atoms with Gasteiger partial charge in [0.15, 0.2) is 4.90 Å². The minimum atomic E-state index is -4.51. The van der Waals surface area contributed by atoms with Crippen molar-refractivity contribution >= 4 is 15.7 Å². The minimum Gasteiger partial charge on any atom is -0.326 e. The van der Waals surface area contributed by atoms with Crippen LogP contribution < -0.4 is 10.5 Å². The molecule has 0 bridgehead atoms. The molecule has 0 aliphatic rings. The first-order chi connectivity index (χ1) is 9.83. The van der Waals surface area contributed by atoms with Gasteiger partial charge in [0, 0.05) is 24.4 Å². The fraction of sp³-hybridized carbons (Fsp3) is 0.0769. The Labute approximate surface area is 119 Å². The largest absolute Gasteiger partial charge is 0.326 e. The maximum absolute atomic E-state index is 13.5. The van der Waals surface area contributed by atoms with E-state index in [0.29, 0.717) is 12.1 Å². The predicted octanol–water partition coefficient (Wildman–Crippen LogP) is 2.36. The highest BCUT2D eigenvalue weighted by Crippen LogP contribution is 2.23. The molecule has 0 aliphatic heterocycles. The van der Waals surface area contributed by atoms with Gasteiger partial charge in [-0.2, -0.15) is 0 Å². The summed E-state index contributed by atoms with van der Waals surface area (Å²) < 4.78 is 65.8. The van der Waals surface area contributed by atoms with Crippen LogP contribution in [-0.4, -0.2) is 8.42 Å². The SMILES string of the molecule is NCc1ccc(NS(=O)(=O)c2c(F)cc(F)cc2F)cc1. The van der Waals surface area contributed by atoms with Gasteiger partial charge in [-0.1, -0.05) is 12.1 Å². The Morgan fingerprint density at radius 2 is 1.52 bits per heavy atom. The number of sulfonamides is 1. The number of nitrogens with one attached hydrogen (secondary N) is 1. The Hall–Kier alpha value is -2.06. The predicted molar refractivity (Wildman–Crippen MR) is 71.5 cm³/mol. The number of benzene rings is 2. The molecular formula is C13H11F3N2O2S. The summed E-state index contributed by atoms with van der Waals surface area (Å²) in [5, 5.41) is 0. The molecule has 2 aromatic carbocycles. The molecule has 0 spiro atoms. The van der Waals surface area contributed by atoms with Crippen LogP contribution in [0.15, 0.2) is 41.3 Å². The van der Waals surface area contributed by atoms with Gasteiger partial charge in [0.1, 0.15) is 17.5 Å². The smallest absolute Gasteiger partial charge is 0.267 e. The van der Waals surface area contributed by atoms with Crippen molar-refractivity contribution in [3.8, 4) is 0 Å². The van der Waals surface area contributed by atoms with E-state index >= 15 is 0 Å². The number of halogens is 3. The molecule has 0 heterocycles. The van der Waals surface area contributed by atoms with E-state index in [9.17, 15) is 21.6 Å². The first kappa shape index (κ1) is 15.3.